The molecule has 0 saturated carbocycles. The molecule has 0 radical (unpaired) electrons. The van der Waals surface area contributed by atoms with Crippen molar-refractivity contribution >= 4 is 104 Å². The second-order valence-corrected chi connectivity index (χ2v) is 23.7. The molecule has 14 aromatic rings. The molecule has 12 N–H and O–H groups in total. The number of anilines is 2. The van der Waals surface area contributed by atoms with Crippen molar-refractivity contribution in [3.63, 3.8) is 0 Å². The van der Waals surface area contributed by atoms with E-state index in [4.69, 9.17) is 61.2 Å². The fourth-order valence-corrected chi connectivity index (χ4v) is 9.24. The third kappa shape index (κ3) is 22.5. The Labute approximate surface area is 613 Å². The Kier molecular flexibility index (Phi) is 26.6. The summed E-state index contributed by atoms with van der Waals surface area (Å²) in [7, 11) is -1.53. The summed E-state index contributed by atoms with van der Waals surface area (Å²) < 4.78 is 12.5. The standard InChI is InChI=1S/C20H14N6O.C15H10N4O.C13H10N4O.C10H13BrN2O2.C7H8BNO3.C6H4ClN3.C3H4/c21-18-11-13(9-10-23-18)1-6-16-12-24-19-8-7-17(25-26(16)19)14-2-4-15(5-3-14)20(22)27;1-2-12-9-17-14-8-7-13(18-19(12)14)10-3-5-11(6-4-10)15(16)20;14-13(18)10-3-1-9(2-4-10)11-5-6-12-15-7-8-17(12)16-11;1-10(2,3)15-9(14)13-8-6-7(11)4-5-12-8;9-7(10)5-1-3-6(4-2-5)8(11)12;7-5-1-2-6-8-3-4-10(6)9-5;1-3-2/h2-5,7-12H,(H2,21,23)(H2,22,27);1,3-9H,(H2,16,20);1-8H,(H2,14,18);4-6H,1-3H3,(H,12,13,14);1-4,11-12H,(H2,9,10);1-4H;1H,2H3/p-1. The van der Waals surface area contributed by atoms with E-state index in [1.165, 1.54) is 24.3 Å². The smallest absolute Gasteiger partial charge is 0.488 e. The number of pyridine rings is 2. The van der Waals surface area contributed by atoms with Gasteiger partial charge < -0.3 is 48.2 Å². The summed E-state index contributed by atoms with van der Waals surface area (Å²) in [6, 6.07) is 48.1. The number of halogens is 2. The minimum absolute atomic E-state index is 0.236. The number of nitrogens with two attached hydrogens (primary N) is 4. The number of hydrogen-bond donors (Lipinski definition) is 8. The van der Waals surface area contributed by atoms with Crippen molar-refractivity contribution in [2.45, 2.75) is 33.3 Å². The van der Waals surface area contributed by atoms with Crippen molar-refractivity contribution < 1.29 is 39.1 Å². The Bertz CT molecular complexity index is 5550. The summed E-state index contributed by atoms with van der Waals surface area (Å²) in [6.07, 6.45) is 22.9. The van der Waals surface area contributed by atoms with Gasteiger partial charge in [0.25, 0.3) is 0 Å². The first kappa shape index (κ1) is 76.8. The SMILES string of the molecule is C#CC.C#Cc1cnc2ccc(-c3ccc(C(N)=O)cc3)nn12.CC(C)(C)OC(=O)Nc1cc(Br)ccn1.Clc1ccc2nccn2n1.N=C([O-])c1ccc(B(O)O)cc1.NC(=O)c1ccc(-c2ccc3ncc(C#Cc4ccnc(N)c4)n3n2)cc1.NC(=O)c1ccc(-c2ccc3nccn3n2)cc1. The van der Waals surface area contributed by atoms with Gasteiger partial charge in [0.15, 0.2) is 22.6 Å². The molecule has 524 valence electrons. The fraction of sp³-hybridized carbons (Fsp3) is 0.0676. The monoisotopic (exact) mass is 1480 g/mol. The average molecular weight is 1490 g/mol. The van der Waals surface area contributed by atoms with Gasteiger partial charge in [-0.15, -0.1) is 18.8 Å². The number of imidazole rings is 4. The zero-order valence-electron chi connectivity index (χ0n) is 56.2. The number of aromatic nitrogens is 14. The highest BCUT2D eigenvalue weighted by Gasteiger charge is 2.17. The van der Waals surface area contributed by atoms with Crippen LogP contribution in [0.4, 0.5) is 16.4 Å². The Morgan fingerprint density at radius 2 is 1.02 bits per heavy atom. The van der Waals surface area contributed by atoms with Crippen LogP contribution in [0.2, 0.25) is 5.15 Å². The van der Waals surface area contributed by atoms with E-state index in [1.54, 1.807) is 186 Å². The maximum atomic E-state index is 11.4. The lowest BCUT2D eigenvalue weighted by Crippen LogP contribution is -2.30. The summed E-state index contributed by atoms with van der Waals surface area (Å²) in [5.74, 6) is 9.61. The van der Waals surface area contributed by atoms with Gasteiger partial charge in [-0.05, 0) is 166 Å². The van der Waals surface area contributed by atoms with Crippen molar-refractivity contribution in [3.8, 4) is 70.3 Å². The number of carbonyl (C=O) groups is 4. The van der Waals surface area contributed by atoms with Crippen molar-refractivity contribution in [2.75, 3.05) is 11.1 Å². The molecule has 4 aromatic carbocycles. The number of benzene rings is 4. The largest absolute Gasteiger partial charge is 0.859 e. The van der Waals surface area contributed by atoms with Crippen LogP contribution in [0.15, 0.2) is 224 Å². The van der Waals surface area contributed by atoms with Crippen molar-refractivity contribution in [1.82, 2.24) is 68.4 Å². The van der Waals surface area contributed by atoms with Crippen molar-refractivity contribution in [3.05, 3.63) is 268 Å². The first-order valence-corrected chi connectivity index (χ1v) is 32.0. The number of nitrogens with one attached hydrogen (secondary N) is 2. The number of ether oxygens (including phenoxy) is 1. The first-order chi connectivity index (χ1) is 50.3. The molecule has 0 saturated heterocycles. The minimum Gasteiger partial charge on any atom is -0.859 e. The second kappa shape index (κ2) is 36.4. The van der Waals surface area contributed by atoms with Crippen LogP contribution in [-0.2, 0) is 4.74 Å². The summed E-state index contributed by atoms with van der Waals surface area (Å²) in [4.78, 5) is 69.1. The van der Waals surface area contributed by atoms with Gasteiger partial charge in [-0.1, -0.05) is 94.1 Å². The molecule has 4 amide bonds. The number of rotatable bonds is 9. The quantitative estimate of drug-likeness (QED) is 0.0292. The third-order valence-corrected chi connectivity index (χ3v) is 14.4. The molecule has 14 rings (SSSR count). The van der Waals surface area contributed by atoms with Crippen LogP contribution < -0.4 is 38.8 Å². The van der Waals surface area contributed by atoms with Gasteiger partial charge in [-0.2, -0.15) is 20.4 Å². The molecule has 0 bridgehead atoms. The predicted molar refractivity (Wildman–Crippen MR) is 401 cm³/mol. The second-order valence-electron chi connectivity index (χ2n) is 22.4. The van der Waals surface area contributed by atoms with Gasteiger partial charge in [-0.3, -0.25) is 19.7 Å². The average Bonchev–Trinajstić information content (AvgIpc) is 1.72. The van der Waals surface area contributed by atoms with Gasteiger partial charge >= 0.3 is 13.2 Å². The van der Waals surface area contributed by atoms with Gasteiger partial charge in [-0.25, -0.2) is 52.8 Å². The molecule has 0 aliphatic heterocycles. The summed E-state index contributed by atoms with van der Waals surface area (Å²) in [6.45, 7) is 7.07. The van der Waals surface area contributed by atoms with Crippen molar-refractivity contribution in [1.29, 1.82) is 5.41 Å². The van der Waals surface area contributed by atoms with Gasteiger partial charge in [0.2, 0.25) is 17.7 Å². The summed E-state index contributed by atoms with van der Waals surface area (Å²) in [5, 5.41) is 55.0. The number of terminal acetylenes is 2. The lowest BCUT2D eigenvalue weighted by molar-refractivity contribution is -0.214. The normalized spacial score (nSPS) is 10.2. The first-order valence-electron chi connectivity index (χ1n) is 30.9. The van der Waals surface area contributed by atoms with Crippen LogP contribution in [0.25, 0.3) is 56.4 Å². The molecule has 0 spiro atoms. The molecule has 0 fully saturated rings. The number of carbonyl (C=O) groups excluding carboxylic acids is 4. The maximum absolute atomic E-state index is 11.4. The van der Waals surface area contributed by atoms with E-state index in [0.29, 0.717) is 61.6 Å². The Morgan fingerprint density at radius 3 is 1.48 bits per heavy atom. The van der Waals surface area contributed by atoms with Crippen LogP contribution >= 0.6 is 27.5 Å². The number of amides is 4. The molecule has 10 heterocycles. The third-order valence-electron chi connectivity index (χ3n) is 13.7. The highest BCUT2D eigenvalue weighted by Crippen LogP contribution is 2.22. The molecule has 105 heavy (non-hydrogen) atoms. The molecule has 0 unspecified atom stereocenters. The highest BCUT2D eigenvalue weighted by molar-refractivity contribution is 9.10. The fourth-order valence-electron chi connectivity index (χ4n) is 8.77. The maximum Gasteiger partial charge on any atom is 0.488 e. The lowest BCUT2D eigenvalue weighted by atomic mass is 9.80. The molecule has 31 heteroatoms. The Morgan fingerprint density at radius 1 is 0.571 bits per heavy atom. The minimum atomic E-state index is -1.53. The zero-order chi connectivity index (χ0) is 75.7. The zero-order valence-corrected chi connectivity index (χ0v) is 58.5. The number of hydrogen-bond acceptors (Lipinski definition) is 20. The van der Waals surface area contributed by atoms with E-state index < -0.39 is 42.4 Å². The van der Waals surface area contributed by atoms with E-state index in [9.17, 15) is 24.3 Å². The summed E-state index contributed by atoms with van der Waals surface area (Å²) in [5.41, 5.74) is 32.7. The van der Waals surface area contributed by atoms with Crippen LogP contribution in [0.1, 0.15) is 81.3 Å². The Balaban J connectivity index is 0.000000162. The van der Waals surface area contributed by atoms with Crippen LogP contribution in [0.5, 0.6) is 0 Å². The number of nitrogen functional groups attached to an aromatic ring is 1. The van der Waals surface area contributed by atoms with Crippen LogP contribution in [-0.4, -0.2) is 121 Å². The van der Waals surface area contributed by atoms with Crippen LogP contribution in [0.3, 0.4) is 0 Å². The molecular weight excluding hydrogens is 1420 g/mol. The van der Waals surface area contributed by atoms with E-state index in [0.717, 1.165) is 55.1 Å². The molecule has 0 atom stereocenters. The number of primary amides is 3. The van der Waals surface area contributed by atoms with Gasteiger partial charge in [0.05, 0.1) is 29.5 Å². The van der Waals surface area contributed by atoms with Crippen LogP contribution in [0, 0.1) is 41.9 Å². The molecule has 10 aromatic heterocycles. The van der Waals surface area contributed by atoms with Crippen molar-refractivity contribution in [2.24, 2.45) is 17.2 Å². The van der Waals surface area contributed by atoms with E-state index in [2.05, 4.69) is 102 Å². The topological polar surface area (TPSA) is 428 Å². The Hall–Kier alpha value is -14.0. The highest BCUT2D eigenvalue weighted by atomic mass is 79.9. The molecular formula is C74H62BBrClN20O8-. The lowest BCUT2D eigenvalue weighted by Gasteiger charge is -2.19. The molecule has 28 nitrogen and oxygen atoms in total. The predicted octanol–water partition coefficient (Wildman–Crippen LogP) is 8.11. The van der Waals surface area contributed by atoms with E-state index >= 15 is 0 Å². The van der Waals surface area contributed by atoms with Gasteiger partial charge in [0.1, 0.15) is 33.8 Å². The van der Waals surface area contributed by atoms with E-state index in [-0.39, 0.29) is 5.56 Å². The number of fused-ring (bicyclic) bond motifs is 4. The van der Waals surface area contributed by atoms with E-state index in [1.807, 2.05) is 54.6 Å². The molecule has 0 aliphatic rings. The molecule has 0 aliphatic carbocycles. The van der Waals surface area contributed by atoms with Gasteiger partial charge in [0, 0.05) is 80.6 Å². The number of nitrogens with zero attached hydrogens (tertiary/aromatic N) is 14. The summed E-state index contributed by atoms with van der Waals surface area (Å²) >= 11 is 8.90.